The fourth-order valence-corrected chi connectivity index (χ4v) is 3.49. The minimum atomic E-state index is -0.203. The summed E-state index contributed by atoms with van der Waals surface area (Å²) in [6, 6.07) is 11.5. The molecule has 2 aromatic carbocycles. The number of anilines is 1. The molecule has 0 aliphatic carbocycles. The first-order valence-electron chi connectivity index (χ1n) is 8.72. The Morgan fingerprint density at radius 1 is 1.38 bits per heavy atom. The maximum Gasteiger partial charge on any atom is 0.256 e. The predicted octanol–water partition coefficient (Wildman–Crippen LogP) is 3.59. The number of hydrogen-bond acceptors (Lipinski definition) is 4. The number of carbonyl (C=O) groups excluding carboxylic acids is 1. The van der Waals surface area contributed by atoms with Crippen molar-refractivity contribution < 1.29 is 9.53 Å². The van der Waals surface area contributed by atoms with Gasteiger partial charge in [-0.3, -0.25) is 9.69 Å². The van der Waals surface area contributed by atoms with E-state index < -0.39 is 0 Å². The van der Waals surface area contributed by atoms with Gasteiger partial charge in [0.1, 0.15) is 5.75 Å². The van der Waals surface area contributed by atoms with Crippen LogP contribution in [-0.2, 0) is 6.54 Å². The lowest BCUT2D eigenvalue weighted by atomic mass is 10.1. The van der Waals surface area contributed by atoms with Gasteiger partial charge in [-0.15, -0.1) is 0 Å². The van der Waals surface area contributed by atoms with Gasteiger partial charge in [0.15, 0.2) is 0 Å². The van der Waals surface area contributed by atoms with Gasteiger partial charge >= 0.3 is 0 Å². The summed E-state index contributed by atoms with van der Waals surface area (Å²) in [5.41, 5.74) is 9.13. The summed E-state index contributed by atoms with van der Waals surface area (Å²) in [7, 11) is 1.51. The maximum atomic E-state index is 12.8. The molecule has 1 fully saturated rings. The molecule has 3 N–H and O–H groups in total. The van der Waals surface area contributed by atoms with E-state index in [2.05, 4.69) is 29.3 Å². The molecule has 1 heterocycles. The van der Waals surface area contributed by atoms with Crippen molar-refractivity contribution in [1.29, 1.82) is 0 Å². The van der Waals surface area contributed by atoms with Crippen LogP contribution in [0.15, 0.2) is 36.4 Å². The summed E-state index contributed by atoms with van der Waals surface area (Å²) in [6.45, 7) is 3.89. The molecule has 0 aromatic heterocycles. The summed E-state index contributed by atoms with van der Waals surface area (Å²) < 4.78 is 5.29. The number of nitrogen functional groups attached to an aromatic ring is 1. The molecule has 1 atom stereocenters. The van der Waals surface area contributed by atoms with Gasteiger partial charge in [0.05, 0.1) is 29.5 Å². The molecule has 2 aromatic rings. The molecule has 1 aliphatic rings. The monoisotopic (exact) mass is 373 g/mol. The number of ether oxygens (including phenoxy) is 1. The summed E-state index contributed by atoms with van der Waals surface area (Å²) in [6.07, 6.45) is 1.96. The Balaban J connectivity index is 1.74. The molecule has 138 valence electrons. The molecule has 0 radical (unpaired) electrons. The van der Waals surface area contributed by atoms with Crippen LogP contribution < -0.4 is 15.8 Å². The highest BCUT2D eigenvalue weighted by Gasteiger charge is 2.27. The lowest BCUT2D eigenvalue weighted by molar-refractivity contribution is 0.0878. The van der Waals surface area contributed by atoms with E-state index in [0.29, 0.717) is 22.0 Å². The van der Waals surface area contributed by atoms with Crippen LogP contribution in [0.5, 0.6) is 5.75 Å². The molecule has 1 saturated heterocycles. The van der Waals surface area contributed by atoms with Gasteiger partial charge in [-0.25, -0.2) is 0 Å². The van der Waals surface area contributed by atoms with Crippen molar-refractivity contribution in [2.75, 3.05) is 19.4 Å². The topological polar surface area (TPSA) is 67.6 Å². The second-order valence-corrected chi connectivity index (χ2v) is 7.01. The number of methoxy groups -OCH3 is 1. The van der Waals surface area contributed by atoms with Gasteiger partial charge < -0.3 is 15.8 Å². The van der Waals surface area contributed by atoms with E-state index in [1.807, 2.05) is 12.1 Å². The third kappa shape index (κ3) is 3.94. The first kappa shape index (κ1) is 18.5. The van der Waals surface area contributed by atoms with E-state index in [-0.39, 0.29) is 12.1 Å². The number of hydrogen-bond donors (Lipinski definition) is 2. The zero-order valence-electron chi connectivity index (χ0n) is 15.1. The molecule has 1 aliphatic heterocycles. The number of nitrogens with zero attached hydrogens (tertiary/aromatic N) is 1. The highest BCUT2D eigenvalue weighted by molar-refractivity contribution is 6.33. The molecular weight excluding hydrogens is 350 g/mol. The van der Waals surface area contributed by atoms with Gasteiger partial charge in [0.25, 0.3) is 5.91 Å². The van der Waals surface area contributed by atoms with Crippen LogP contribution in [0, 0.1) is 6.92 Å². The minimum absolute atomic E-state index is 0.0110. The smallest absolute Gasteiger partial charge is 0.256 e. The minimum Gasteiger partial charge on any atom is -0.496 e. The maximum absolute atomic E-state index is 12.8. The number of amides is 1. The Bertz CT molecular complexity index is 810. The Kier molecular flexibility index (Phi) is 5.69. The lowest BCUT2D eigenvalue weighted by Gasteiger charge is -2.26. The summed E-state index contributed by atoms with van der Waals surface area (Å²) in [5.74, 6) is 0.221. The third-order valence-corrected chi connectivity index (χ3v) is 5.19. The van der Waals surface area contributed by atoms with E-state index >= 15 is 0 Å². The van der Waals surface area contributed by atoms with Gasteiger partial charge in [0, 0.05) is 19.2 Å². The Hall–Kier alpha value is -2.24. The molecule has 1 unspecified atom stereocenters. The average Bonchev–Trinajstić information content (AvgIpc) is 3.05. The normalized spacial score (nSPS) is 17.3. The first-order valence-corrected chi connectivity index (χ1v) is 9.10. The number of halogens is 1. The molecule has 0 bridgehead atoms. The SMILES string of the molecule is COc1cc(N)c(Cl)cc1C(=O)NC1CCCN1Cc1ccccc1C. The van der Waals surface area contributed by atoms with Crippen molar-refractivity contribution in [3.8, 4) is 5.75 Å². The highest BCUT2D eigenvalue weighted by Crippen LogP contribution is 2.29. The summed E-state index contributed by atoms with van der Waals surface area (Å²) in [5, 5.41) is 3.46. The Morgan fingerprint density at radius 3 is 2.88 bits per heavy atom. The number of likely N-dealkylation sites (tertiary alicyclic amines) is 1. The molecule has 26 heavy (non-hydrogen) atoms. The van der Waals surface area contributed by atoms with E-state index in [1.165, 1.54) is 18.2 Å². The highest BCUT2D eigenvalue weighted by atomic mass is 35.5. The van der Waals surface area contributed by atoms with E-state index in [1.54, 1.807) is 12.1 Å². The van der Waals surface area contributed by atoms with Gasteiger partial charge in [0.2, 0.25) is 0 Å². The predicted molar refractivity (Wildman–Crippen MR) is 104 cm³/mol. The Labute approximate surface area is 159 Å². The van der Waals surface area contributed by atoms with Gasteiger partial charge in [-0.05, 0) is 37.0 Å². The number of benzene rings is 2. The van der Waals surface area contributed by atoms with E-state index in [0.717, 1.165) is 25.9 Å². The molecule has 0 spiro atoms. The molecule has 3 rings (SSSR count). The lowest BCUT2D eigenvalue weighted by Crippen LogP contribution is -2.44. The molecule has 0 saturated carbocycles. The van der Waals surface area contributed by atoms with Crippen molar-refractivity contribution >= 4 is 23.2 Å². The van der Waals surface area contributed by atoms with E-state index in [4.69, 9.17) is 22.1 Å². The number of nitrogens with one attached hydrogen (secondary N) is 1. The fraction of sp³-hybridized carbons (Fsp3) is 0.350. The molecule has 1 amide bonds. The largest absolute Gasteiger partial charge is 0.496 e. The van der Waals surface area contributed by atoms with E-state index in [9.17, 15) is 4.79 Å². The van der Waals surface area contributed by atoms with Crippen molar-refractivity contribution in [3.63, 3.8) is 0 Å². The number of carbonyl (C=O) groups is 1. The van der Waals surface area contributed by atoms with Crippen LogP contribution in [0.2, 0.25) is 5.02 Å². The average molecular weight is 374 g/mol. The summed E-state index contributed by atoms with van der Waals surface area (Å²) in [4.78, 5) is 15.1. The van der Waals surface area contributed by atoms with Crippen LogP contribution in [0.4, 0.5) is 5.69 Å². The standard InChI is InChI=1S/C20H24ClN3O2/c1-13-6-3-4-7-14(13)12-24-9-5-8-19(24)23-20(25)15-10-16(21)17(22)11-18(15)26-2/h3-4,6-7,10-11,19H,5,8-9,12,22H2,1-2H3,(H,23,25). The fourth-order valence-electron chi connectivity index (χ4n) is 3.33. The van der Waals surface area contributed by atoms with Gasteiger partial charge in [-0.1, -0.05) is 35.9 Å². The molecular formula is C20H24ClN3O2. The van der Waals surface area contributed by atoms with Crippen molar-refractivity contribution in [2.24, 2.45) is 0 Å². The van der Waals surface area contributed by atoms with Crippen molar-refractivity contribution in [2.45, 2.75) is 32.5 Å². The quantitative estimate of drug-likeness (QED) is 0.786. The van der Waals surface area contributed by atoms with Crippen LogP contribution in [-0.4, -0.2) is 30.6 Å². The van der Waals surface area contributed by atoms with Crippen LogP contribution in [0.25, 0.3) is 0 Å². The van der Waals surface area contributed by atoms with Crippen LogP contribution >= 0.6 is 11.6 Å². The first-order chi connectivity index (χ1) is 12.5. The number of aryl methyl sites for hydroxylation is 1. The second kappa shape index (κ2) is 7.98. The zero-order chi connectivity index (χ0) is 18.7. The van der Waals surface area contributed by atoms with Crippen molar-refractivity contribution in [1.82, 2.24) is 10.2 Å². The number of nitrogens with two attached hydrogens (primary N) is 1. The molecule has 6 heteroatoms. The third-order valence-electron chi connectivity index (χ3n) is 4.86. The zero-order valence-corrected chi connectivity index (χ0v) is 15.8. The molecule has 5 nitrogen and oxygen atoms in total. The Morgan fingerprint density at radius 2 is 2.15 bits per heavy atom. The summed E-state index contributed by atoms with van der Waals surface area (Å²) >= 11 is 6.09. The van der Waals surface area contributed by atoms with Crippen LogP contribution in [0.1, 0.15) is 34.3 Å². The second-order valence-electron chi connectivity index (χ2n) is 6.60. The van der Waals surface area contributed by atoms with Crippen molar-refractivity contribution in [3.05, 3.63) is 58.1 Å². The van der Waals surface area contributed by atoms with Crippen LogP contribution in [0.3, 0.4) is 0 Å². The number of rotatable bonds is 5. The van der Waals surface area contributed by atoms with Gasteiger partial charge in [-0.2, -0.15) is 0 Å².